The molecule has 2 aromatic heterocycles. The molecule has 0 bridgehead atoms. The predicted octanol–water partition coefficient (Wildman–Crippen LogP) is 5.01. The highest BCUT2D eigenvalue weighted by molar-refractivity contribution is 7.17. The number of aryl methyl sites for hydroxylation is 2. The molecule has 1 amide bonds. The molecule has 0 saturated carbocycles. The fourth-order valence-corrected chi connectivity index (χ4v) is 4.94. The molecule has 3 heterocycles. The van der Waals surface area contributed by atoms with Crippen molar-refractivity contribution in [1.82, 2.24) is 14.9 Å². The Kier molecular flexibility index (Phi) is 6.43. The lowest BCUT2D eigenvalue weighted by atomic mass is 9.90. The van der Waals surface area contributed by atoms with Gasteiger partial charge in [-0.1, -0.05) is 18.2 Å². The number of carbonyl (C=O) groups excluding carboxylic acids is 1. The molecule has 0 spiro atoms. The summed E-state index contributed by atoms with van der Waals surface area (Å²) >= 11 is 1.45. The smallest absolute Gasteiger partial charge is 0.265 e. The number of nitrogens with zero attached hydrogens (tertiary/aromatic N) is 3. The van der Waals surface area contributed by atoms with E-state index >= 15 is 0 Å². The molecule has 1 fully saturated rings. The topological polar surface area (TPSA) is 55.3 Å². The Labute approximate surface area is 181 Å². The maximum Gasteiger partial charge on any atom is 0.265 e. The molecule has 1 aromatic carbocycles. The minimum Gasteiger partial charge on any atom is -0.497 e. The van der Waals surface area contributed by atoms with Gasteiger partial charge in [-0.2, -0.15) is 0 Å². The van der Waals surface area contributed by atoms with E-state index in [0.717, 1.165) is 65.8 Å². The van der Waals surface area contributed by atoms with Gasteiger partial charge in [0.1, 0.15) is 15.6 Å². The molecule has 0 unspecified atom stereocenters. The first-order valence-electron chi connectivity index (χ1n) is 10.4. The maximum atomic E-state index is 13.1. The van der Waals surface area contributed by atoms with E-state index in [2.05, 4.69) is 22.1 Å². The molecule has 1 aliphatic rings. The van der Waals surface area contributed by atoms with E-state index in [-0.39, 0.29) is 5.91 Å². The lowest BCUT2D eigenvalue weighted by Gasteiger charge is -2.32. The van der Waals surface area contributed by atoms with Crippen LogP contribution in [-0.2, 0) is 6.42 Å². The SMILES string of the molecule is COc1ccc(CCC2CCN(C(=O)c3sc(-c4ccccn4)nc3C)CC2)cc1. The van der Waals surface area contributed by atoms with Gasteiger partial charge >= 0.3 is 0 Å². The van der Waals surface area contributed by atoms with Crippen LogP contribution in [0.4, 0.5) is 0 Å². The number of benzene rings is 1. The molecule has 5 nitrogen and oxygen atoms in total. The highest BCUT2D eigenvalue weighted by atomic mass is 32.1. The first-order chi connectivity index (χ1) is 14.6. The van der Waals surface area contributed by atoms with E-state index in [9.17, 15) is 4.79 Å². The third-order valence-electron chi connectivity index (χ3n) is 5.78. The van der Waals surface area contributed by atoms with Gasteiger partial charge in [0.15, 0.2) is 0 Å². The Morgan fingerprint density at radius 1 is 1.17 bits per heavy atom. The van der Waals surface area contributed by atoms with Crippen LogP contribution < -0.4 is 4.74 Å². The van der Waals surface area contributed by atoms with Gasteiger partial charge in [-0.15, -0.1) is 11.3 Å². The van der Waals surface area contributed by atoms with Gasteiger partial charge in [0.2, 0.25) is 0 Å². The number of carbonyl (C=O) groups is 1. The molecule has 4 rings (SSSR count). The van der Waals surface area contributed by atoms with Crippen molar-refractivity contribution in [3.63, 3.8) is 0 Å². The summed E-state index contributed by atoms with van der Waals surface area (Å²) in [6.45, 7) is 3.56. The van der Waals surface area contributed by atoms with Crippen LogP contribution >= 0.6 is 11.3 Å². The Bertz CT molecular complexity index is 977. The quantitative estimate of drug-likeness (QED) is 0.562. The molecule has 3 aromatic rings. The number of thiazole rings is 1. The second-order valence-electron chi connectivity index (χ2n) is 7.77. The van der Waals surface area contributed by atoms with Gasteiger partial charge in [-0.25, -0.2) is 4.98 Å². The Morgan fingerprint density at radius 2 is 1.93 bits per heavy atom. The Balaban J connectivity index is 1.31. The second kappa shape index (κ2) is 9.39. The van der Waals surface area contributed by atoms with Crippen LogP contribution in [-0.4, -0.2) is 41.0 Å². The summed E-state index contributed by atoms with van der Waals surface area (Å²) in [4.78, 5) is 24.8. The van der Waals surface area contributed by atoms with Crippen molar-refractivity contribution < 1.29 is 9.53 Å². The zero-order valence-electron chi connectivity index (χ0n) is 17.5. The molecule has 0 radical (unpaired) electrons. The number of likely N-dealkylation sites (tertiary alicyclic amines) is 1. The zero-order chi connectivity index (χ0) is 20.9. The van der Waals surface area contributed by atoms with Crippen LogP contribution in [0.25, 0.3) is 10.7 Å². The van der Waals surface area contributed by atoms with Crippen molar-refractivity contribution in [3.05, 3.63) is 64.8 Å². The summed E-state index contributed by atoms with van der Waals surface area (Å²) < 4.78 is 5.22. The molecule has 1 aliphatic heterocycles. The number of aromatic nitrogens is 2. The van der Waals surface area contributed by atoms with Crippen LogP contribution in [0.5, 0.6) is 5.75 Å². The minimum absolute atomic E-state index is 0.112. The summed E-state index contributed by atoms with van der Waals surface area (Å²) in [5, 5.41) is 0.811. The lowest BCUT2D eigenvalue weighted by molar-refractivity contribution is 0.0691. The normalized spacial score (nSPS) is 14.7. The molecule has 156 valence electrons. The van der Waals surface area contributed by atoms with Crippen molar-refractivity contribution in [2.45, 2.75) is 32.6 Å². The number of hydrogen-bond acceptors (Lipinski definition) is 5. The van der Waals surface area contributed by atoms with E-state index < -0.39 is 0 Å². The zero-order valence-corrected chi connectivity index (χ0v) is 18.3. The van der Waals surface area contributed by atoms with Gasteiger partial charge in [-0.3, -0.25) is 9.78 Å². The molecule has 30 heavy (non-hydrogen) atoms. The number of methoxy groups -OCH3 is 1. The van der Waals surface area contributed by atoms with Crippen LogP contribution in [0.2, 0.25) is 0 Å². The summed E-state index contributed by atoms with van der Waals surface area (Å²) in [6.07, 6.45) is 6.12. The molecule has 0 atom stereocenters. The maximum absolute atomic E-state index is 13.1. The van der Waals surface area contributed by atoms with Crippen LogP contribution in [0.3, 0.4) is 0 Å². The van der Waals surface area contributed by atoms with E-state index in [4.69, 9.17) is 4.74 Å². The van der Waals surface area contributed by atoms with Crippen molar-refractivity contribution in [2.24, 2.45) is 5.92 Å². The summed E-state index contributed by atoms with van der Waals surface area (Å²) in [5.41, 5.74) is 2.96. The number of piperidine rings is 1. The highest BCUT2D eigenvalue weighted by Gasteiger charge is 2.26. The fourth-order valence-electron chi connectivity index (χ4n) is 3.93. The Hall–Kier alpha value is -2.73. The van der Waals surface area contributed by atoms with Crippen LogP contribution in [0, 0.1) is 12.8 Å². The number of pyridine rings is 1. The molecule has 0 N–H and O–H groups in total. The summed E-state index contributed by atoms with van der Waals surface area (Å²) in [7, 11) is 1.69. The van der Waals surface area contributed by atoms with Crippen LogP contribution in [0.15, 0.2) is 48.7 Å². The molecule has 1 saturated heterocycles. The number of rotatable bonds is 6. The molecule has 0 aliphatic carbocycles. The monoisotopic (exact) mass is 421 g/mol. The van der Waals surface area contributed by atoms with Gasteiger partial charge < -0.3 is 9.64 Å². The van der Waals surface area contributed by atoms with Crippen molar-refractivity contribution in [2.75, 3.05) is 20.2 Å². The number of hydrogen-bond donors (Lipinski definition) is 0. The molecule has 6 heteroatoms. The average molecular weight is 422 g/mol. The van der Waals surface area contributed by atoms with Crippen LogP contribution in [0.1, 0.15) is 40.2 Å². The first-order valence-corrected chi connectivity index (χ1v) is 11.3. The van der Waals surface area contributed by atoms with E-state index in [0.29, 0.717) is 5.92 Å². The lowest BCUT2D eigenvalue weighted by Crippen LogP contribution is -2.38. The second-order valence-corrected chi connectivity index (χ2v) is 8.77. The van der Waals surface area contributed by atoms with Gasteiger partial charge in [-0.05, 0) is 68.4 Å². The van der Waals surface area contributed by atoms with Crippen molar-refractivity contribution in [3.8, 4) is 16.5 Å². The first kappa shape index (κ1) is 20.5. The number of amides is 1. The predicted molar refractivity (Wildman–Crippen MR) is 120 cm³/mol. The van der Waals surface area contributed by atoms with Crippen molar-refractivity contribution in [1.29, 1.82) is 0 Å². The molecular formula is C24H27N3O2S. The van der Waals surface area contributed by atoms with Gasteiger partial charge in [0.25, 0.3) is 5.91 Å². The van der Waals surface area contributed by atoms with E-state index in [1.54, 1.807) is 13.3 Å². The Morgan fingerprint density at radius 3 is 2.60 bits per heavy atom. The third-order valence-corrected chi connectivity index (χ3v) is 6.94. The average Bonchev–Trinajstić information content (AvgIpc) is 3.20. The summed E-state index contributed by atoms with van der Waals surface area (Å²) in [5.74, 6) is 1.68. The third kappa shape index (κ3) is 4.70. The number of ether oxygens (including phenoxy) is 1. The van der Waals surface area contributed by atoms with E-state index in [1.807, 2.05) is 42.2 Å². The summed E-state index contributed by atoms with van der Waals surface area (Å²) in [6, 6.07) is 14.1. The highest BCUT2D eigenvalue weighted by Crippen LogP contribution is 2.29. The standard InChI is InChI=1S/C24H27N3O2S/c1-17-22(30-23(26-17)21-5-3-4-14-25-21)24(28)27-15-12-19(13-16-27)7-6-18-8-10-20(29-2)11-9-18/h3-5,8-11,14,19H,6-7,12-13,15-16H2,1-2H3. The molecular weight excluding hydrogens is 394 g/mol. The van der Waals surface area contributed by atoms with Gasteiger partial charge in [0.05, 0.1) is 18.5 Å². The van der Waals surface area contributed by atoms with Gasteiger partial charge in [0, 0.05) is 19.3 Å². The van der Waals surface area contributed by atoms with Crippen molar-refractivity contribution >= 4 is 17.2 Å². The fraction of sp³-hybridized carbons (Fsp3) is 0.375. The van der Waals surface area contributed by atoms with E-state index in [1.165, 1.54) is 16.9 Å². The minimum atomic E-state index is 0.112. The largest absolute Gasteiger partial charge is 0.497 e.